The van der Waals surface area contributed by atoms with Gasteiger partial charge in [-0.3, -0.25) is 4.79 Å². The second kappa shape index (κ2) is 7.38. The average molecular weight is 337 g/mol. The molecule has 2 aromatic rings. The molecule has 128 valence electrons. The van der Waals surface area contributed by atoms with E-state index in [1.54, 1.807) is 19.2 Å². The summed E-state index contributed by atoms with van der Waals surface area (Å²) in [6, 6.07) is 11.2. The first-order valence-corrected chi connectivity index (χ1v) is 7.47. The smallest absolute Gasteiger partial charge is 0.416 e. The van der Waals surface area contributed by atoms with Gasteiger partial charge < -0.3 is 10.1 Å². The zero-order chi connectivity index (χ0) is 17.7. The van der Waals surface area contributed by atoms with Crippen LogP contribution in [-0.2, 0) is 6.18 Å². The molecule has 2 rings (SSSR count). The lowest BCUT2D eigenvalue weighted by Crippen LogP contribution is -2.28. The number of rotatable bonds is 5. The minimum Gasteiger partial charge on any atom is -0.497 e. The molecular weight excluding hydrogens is 319 g/mol. The highest BCUT2D eigenvalue weighted by molar-refractivity contribution is 5.94. The largest absolute Gasteiger partial charge is 0.497 e. The molecule has 3 nitrogen and oxygen atoms in total. The number of hydrogen-bond donors (Lipinski definition) is 1. The van der Waals surface area contributed by atoms with E-state index in [-0.39, 0.29) is 11.6 Å². The number of alkyl halides is 3. The van der Waals surface area contributed by atoms with Crippen molar-refractivity contribution >= 4 is 5.91 Å². The molecule has 0 heterocycles. The van der Waals surface area contributed by atoms with Crippen molar-refractivity contribution in [2.45, 2.75) is 25.6 Å². The van der Waals surface area contributed by atoms with Crippen molar-refractivity contribution in [1.82, 2.24) is 5.32 Å². The molecule has 0 aromatic heterocycles. The summed E-state index contributed by atoms with van der Waals surface area (Å²) < 4.78 is 42.8. The zero-order valence-electron chi connectivity index (χ0n) is 13.4. The van der Waals surface area contributed by atoms with Gasteiger partial charge in [0.1, 0.15) is 5.75 Å². The van der Waals surface area contributed by atoms with E-state index in [2.05, 4.69) is 5.32 Å². The normalized spacial score (nSPS) is 12.5. The van der Waals surface area contributed by atoms with Crippen LogP contribution in [0.4, 0.5) is 13.2 Å². The van der Waals surface area contributed by atoms with Crippen LogP contribution in [0.25, 0.3) is 0 Å². The Kier molecular flexibility index (Phi) is 5.49. The van der Waals surface area contributed by atoms with E-state index in [4.69, 9.17) is 4.74 Å². The molecule has 0 fully saturated rings. The monoisotopic (exact) mass is 337 g/mol. The average Bonchev–Trinajstić information content (AvgIpc) is 2.59. The first-order valence-electron chi connectivity index (χ1n) is 7.47. The quantitative estimate of drug-likeness (QED) is 0.866. The number of halogens is 3. The molecule has 0 aliphatic heterocycles. The Balaban J connectivity index is 2.11. The van der Waals surface area contributed by atoms with Crippen LogP contribution in [0.15, 0.2) is 48.5 Å². The number of carbonyl (C=O) groups is 1. The van der Waals surface area contributed by atoms with E-state index in [0.717, 1.165) is 17.7 Å². The van der Waals surface area contributed by atoms with Crippen LogP contribution in [0.3, 0.4) is 0 Å². The molecule has 0 saturated heterocycles. The predicted octanol–water partition coefficient (Wildman–Crippen LogP) is 4.60. The van der Waals surface area contributed by atoms with E-state index in [0.29, 0.717) is 12.2 Å². The van der Waals surface area contributed by atoms with Crippen molar-refractivity contribution in [3.8, 4) is 5.75 Å². The Hall–Kier alpha value is -2.50. The van der Waals surface area contributed by atoms with Crippen LogP contribution in [0.2, 0.25) is 0 Å². The van der Waals surface area contributed by atoms with E-state index >= 15 is 0 Å². The van der Waals surface area contributed by atoms with E-state index in [1.165, 1.54) is 12.1 Å². The van der Waals surface area contributed by atoms with Gasteiger partial charge in [0.15, 0.2) is 0 Å². The third kappa shape index (κ3) is 4.28. The minimum atomic E-state index is -4.41. The van der Waals surface area contributed by atoms with E-state index in [1.807, 2.05) is 19.1 Å². The van der Waals surface area contributed by atoms with Gasteiger partial charge in [0.05, 0.1) is 18.7 Å². The van der Waals surface area contributed by atoms with Crippen molar-refractivity contribution in [3.05, 3.63) is 65.2 Å². The van der Waals surface area contributed by atoms with E-state index in [9.17, 15) is 18.0 Å². The molecule has 6 heteroatoms. The molecule has 0 bridgehead atoms. The lowest BCUT2D eigenvalue weighted by atomic mass is 10.0. The minimum absolute atomic E-state index is 0.190. The molecule has 24 heavy (non-hydrogen) atoms. The highest BCUT2D eigenvalue weighted by Gasteiger charge is 2.30. The molecule has 0 unspecified atom stereocenters. The fourth-order valence-corrected chi connectivity index (χ4v) is 2.31. The van der Waals surface area contributed by atoms with Gasteiger partial charge in [-0.1, -0.05) is 19.1 Å². The van der Waals surface area contributed by atoms with Crippen LogP contribution in [0.5, 0.6) is 5.75 Å². The number of amides is 1. The van der Waals surface area contributed by atoms with Gasteiger partial charge in [0, 0.05) is 5.56 Å². The Morgan fingerprint density at radius 3 is 2.12 bits per heavy atom. The number of ether oxygens (including phenoxy) is 1. The van der Waals surface area contributed by atoms with Crippen molar-refractivity contribution in [3.63, 3.8) is 0 Å². The fourth-order valence-electron chi connectivity index (χ4n) is 2.31. The summed E-state index contributed by atoms with van der Waals surface area (Å²) in [6.07, 6.45) is -3.76. The van der Waals surface area contributed by atoms with Crippen LogP contribution >= 0.6 is 0 Å². The molecule has 0 spiro atoms. The summed E-state index contributed by atoms with van der Waals surface area (Å²) >= 11 is 0. The SMILES string of the molecule is CC[C@@H](NC(=O)c1ccc(C(F)(F)F)cc1)c1ccc(OC)cc1. The zero-order valence-corrected chi connectivity index (χ0v) is 13.4. The molecule has 1 N–H and O–H groups in total. The Morgan fingerprint density at radius 2 is 1.67 bits per heavy atom. The maximum Gasteiger partial charge on any atom is 0.416 e. The van der Waals surface area contributed by atoms with Gasteiger partial charge in [-0.25, -0.2) is 0 Å². The van der Waals surface area contributed by atoms with Gasteiger partial charge in [-0.2, -0.15) is 13.2 Å². The fraction of sp³-hybridized carbons (Fsp3) is 0.278. The van der Waals surface area contributed by atoms with Gasteiger partial charge >= 0.3 is 6.18 Å². The topological polar surface area (TPSA) is 38.3 Å². The first kappa shape index (κ1) is 17.8. The maximum atomic E-state index is 12.6. The lowest BCUT2D eigenvalue weighted by molar-refractivity contribution is -0.137. The number of hydrogen-bond acceptors (Lipinski definition) is 2. The summed E-state index contributed by atoms with van der Waals surface area (Å²) in [5.41, 5.74) is 0.315. The third-order valence-electron chi connectivity index (χ3n) is 3.71. The predicted molar refractivity (Wildman–Crippen MR) is 84.9 cm³/mol. The molecule has 0 aliphatic rings. The van der Waals surface area contributed by atoms with Crippen molar-refractivity contribution in [2.24, 2.45) is 0 Å². The highest BCUT2D eigenvalue weighted by atomic mass is 19.4. The summed E-state index contributed by atoms with van der Waals surface area (Å²) in [4.78, 5) is 12.3. The Morgan fingerprint density at radius 1 is 1.08 bits per heavy atom. The summed E-state index contributed by atoms with van der Waals surface area (Å²) in [7, 11) is 1.57. The van der Waals surface area contributed by atoms with Gasteiger partial charge in [0.25, 0.3) is 5.91 Å². The van der Waals surface area contributed by atoms with Gasteiger partial charge in [-0.05, 0) is 48.4 Å². The highest BCUT2D eigenvalue weighted by Crippen LogP contribution is 2.29. The number of carbonyl (C=O) groups excluding carboxylic acids is 1. The standard InChI is InChI=1S/C18H18F3NO2/c1-3-16(12-6-10-15(24-2)11-7-12)22-17(23)13-4-8-14(9-5-13)18(19,20)21/h4-11,16H,3H2,1-2H3,(H,22,23)/t16-/m1/s1. The van der Waals surface area contributed by atoms with Crippen LogP contribution in [-0.4, -0.2) is 13.0 Å². The molecule has 2 aromatic carbocycles. The summed E-state index contributed by atoms with van der Waals surface area (Å²) in [6.45, 7) is 1.92. The summed E-state index contributed by atoms with van der Waals surface area (Å²) in [5, 5.41) is 2.83. The van der Waals surface area contributed by atoms with Gasteiger partial charge in [-0.15, -0.1) is 0 Å². The number of methoxy groups -OCH3 is 1. The number of nitrogens with one attached hydrogen (secondary N) is 1. The van der Waals surface area contributed by atoms with Crippen molar-refractivity contribution in [1.29, 1.82) is 0 Å². The van der Waals surface area contributed by atoms with Gasteiger partial charge in [0.2, 0.25) is 0 Å². The van der Waals surface area contributed by atoms with Crippen LogP contribution in [0, 0.1) is 0 Å². The Labute approximate surface area is 138 Å². The number of benzene rings is 2. The summed E-state index contributed by atoms with van der Waals surface area (Å²) in [5.74, 6) is 0.300. The second-order valence-electron chi connectivity index (χ2n) is 5.28. The molecule has 1 amide bonds. The van der Waals surface area contributed by atoms with Crippen LogP contribution < -0.4 is 10.1 Å². The second-order valence-corrected chi connectivity index (χ2v) is 5.28. The maximum absolute atomic E-state index is 12.6. The molecule has 0 radical (unpaired) electrons. The molecular formula is C18H18F3NO2. The Bertz CT molecular complexity index is 679. The molecule has 0 aliphatic carbocycles. The lowest BCUT2D eigenvalue weighted by Gasteiger charge is -2.18. The third-order valence-corrected chi connectivity index (χ3v) is 3.71. The van der Waals surface area contributed by atoms with Crippen molar-refractivity contribution < 1.29 is 22.7 Å². The molecule has 0 saturated carbocycles. The van der Waals surface area contributed by atoms with Crippen molar-refractivity contribution in [2.75, 3.05) is 7.11 Å². The van der Waals surface area contributed by atoms with E-state index < -0.39 is 17.6 Å². The first-order chi connectivity index (χ1) is 11.3. The van der Waals surface area contributed by atoms with Crippen LogP contribution in [0.1, 0.15) is 40.9 Å². The molecule has 1 atom stereocenters.